The molecule has 0 spiro atoms. The maximum atomic E-state index is 10.7. The van der Waals surface area contributed by atoms with Gasteiger partial charge in [-0.2, -0.15) is 5.10 Å². The van der Waals surface area contributed by atoms with E-state index in [0.717, 1.165) is 16.7 Å². The van der Waals surface area contributed by atoms with E-state index >= 15 is 0 Å². The number of rotatable bonds is 7. The Morgan fingerprint density at radius 3 is 2.32 bits per heavy atom. The molecule has 0 aliphatic carbocycles. The van der Waals surface area contributed by atoms with E-state index in [-0.39, 0.29) is 5.75 Å². The Balaban J connectivity index is 2.04. The fraction of sp³-hybridized carbons (Fsp3) is 0.174. The number of nitrogens with one attached hydrogen (secondary N) is 1. The fourth-order valence-corrected chi connectivity index (χ4v) is 2.87. The molecule has 0 aliphatic rings. The molecule has 28 heavy (non-hydrogen) atoms. The summed E-state index contributed by atoms with van der Waals surface area (Å²) in [6.07, 6.45) is 0. The predicted molar refractivity (Wildman–Crippen MR) is 111 cm³/mol. The molecule has 144 valence electrons. The maximum Gasteiger partial charge on any atom is 0.135 e. The summed E-state index contributed by atoms with van der Waals surface area (Å²) in [5.74, 6) is 1.04. The lowest BCUT2D eigenvalue weighted by Gasteiger charge is -2.15. The second-order valence-corrected chi connectivity index (χ2v) is 6.37. The Morgan fingerprint density at radius 1 is 0.964 bits per heavy atom. The van der Waals surface area contributed by atoms with Crippen LogP contribution in [0.25, 0.3) is 0 Å². The molecule has 2 N–H and O–H groups in total. The summed E-state index contributed by atoms with van der Waals surface area (Å²) in [5.41, 5.74) is 7.33. The number of aryl methyl sites for hydroxylation is 1. The largest absolute Gasteiger partial charge is 0.507 e. The van der Waals surface area contributed by atoms with Gasteiger partial charge in [-0.3, -0.25) is 0 Å². The number of phenols is 1. The molecule has 0 heterocycles. The van der Waals surface area contributed by atoms with Gasteiger partial charge in [0.25, 0.3) is 0 Å². The highest BCUT2D eigenvalue weighted by atomic mass is 16.5. The Kier molecular flexibility index (Phi) is 6.17. The second-order valence-electron chi connectivity index (χ2n) is 6.37. The van der Waals surface area contributed by atoms with Crippen LogP contribution in [-0.4, -0.2) is 25.0 Å². The summed E-state index contributed by atoms with van der Waals surface area (Å²) in [6, 6.07) is 21.3. The second kappa shape index (κ2) is 8.95. The van der Waals surface area contributed by atoms with Gasteiger partial charge in [0.1, 0.15) is 23.0 Å². The molecule has 0 aliphatic heterocycles. The van der Waals surface area contributed by atoms with Crippen LogP contribution in [0.5, 0.6) is 17.2 Å². The van der Waals surface area contributed by atoms with Crippen LogP contribution in [0.15, 0.2) is 71.8 Å². The van der Waals surface area contributed by atoms with Gasteiger partial charge in [-0.1, -0.05) is 60.2 Å². The molecule has 0 saturated heterocycles. The Morgan fingerprint density at radius 2 is 1.68 bits per heavy atom. The van der Waals surface area contributed by atoms with Crippen molar-refractivity contribution >= 4 is 5.71 Å². The van der Waals surface area contributed by atoms with Crippen molar-refractivity contribution in [1.82, 2.24) is 5.43 Å². The molecule has 0 radical (unpaired) electrons. The number of nitrogens with zero attached hydrogens (tertiary/aromatic N) is 1. The standard InChI is InChI=1S/C23H24N2O3/c1-16-9-11-18(12-10-16)23(25-24-15-17-7-5-4-6-8-17)22-20(26)13-19(27-2)14-21(22)28-3/h4-14,24,26H,15H2,1-3H3/b25-23-. The molecule has 0 saturated carbocycles. The van der Waals surface area contributed by atoms with E-state index in [1.54, 1.807) is 26.4 Å². The van der Waals surface area contributed by atoms with Crippen molar-refractivity contribution in [2.45, 2.75) is 13.5 Å². The van der Waals surface area contributed by atoms with Gasteiger partial charge in [-0.15, -0.1) is 0 Å². The van der Waals surface area contributed by atoms with Crippen LogP contribution < -0.4 is 14.9 Å². The van der Waals surface area contributed by atoms with Crippen molar-refractivity contribution in [3.63, 3.8) is 0 Å². The van der Waals surface area contributed by atoms with Gasteiger partial charge in [-0.25, -0.2) is 0 Å². The summed E-state index contributed by atoms with van der Waals surface area (Å²) >= 11 is 0. The lowest BCUT2D eigenvalue weighted by molar-refractivity contribution is 0.384. The minimum atomic E-state index is 0.0389. The van der Waals surface area contributed by atoms with Gasteiger partial charge in [0.05, 0.1) is 26.3 Å². The smallest absolute Gasteiger partial charge is 0.135 e. The first-order chi connectivity index (χ1) is 13.6. The molecule has 0 aromatic heterocycles. The first kappa shape index (κ1) is 19.3. The van der Waals surface area contributed by atoms with Crippen molar-refractivity contribution in [2.24, 2.45) is 5.10 Å². The molecule has 0 unspecified atom stereocenters. The van der Waals surface area contributed by atoms with E-state index in [1.807, 2.05) is 61.5 Å². The topological polar surface area (TPSA) is 63.1 Å². The molecule has 5 nitrogen and oxygen atoms in total. The van der Waals surface area contributed by atoms with Crippen LogP contribution >= 0.6 is 0 Å². The van der Waals surface area contributed by atoms with Gasteiger partial charge in [-0.05, 0) is 12.5 Å². The third kappa shape index (κ3) is 4.43. The number of hydrazone groups is 1. The lowest BCUT2D eigenvalue weighted by Crippen LogP contribution is -2.14. The number of aromatic hydroxyl groups is 1. The van der Waals surface area contributed by atoms with Crippen LogP contribution in [0.3, 0.4) is 0 Å². The van der Waals surface area contributed by atoms with E-state index in [9.17, 15) is 5.11 Å². The number of methoxy groups -OCH3 is 2. The van der Waals surface area contributed by atoms with Crippen molar-refractivity contribution in [1.29, 1.82) is 0 Å². The van der Waals surface area contributed by atoms with E-state index in [1.165, 1.54) is 0 Å². The molecular weight excluding hydrogens is 352 g/mol. The zero-order valence-corrected chi connectivity index (χ0v) is 16.3. The molecule has 0 fully saturated rings. The van der Waals surface area contributed by atoms with Crippen LogP contribution in [0, 0.1) is 6.92 Å². The number of hydrogen-bond acceptors (Lipinski definition) is 5. The van der Waals surface area contributed by atoms with Gasteiger partial charge < -0.3 is 20.0 Å². The predicted octanol–water partition coefficient (Wildman–Crippen LogP) is 4.26. The number of hydrogen-bond donors (Lipinski definition) is 2. The molecular formula is C23H24N2O3. The molecule has 3 rings (SSSR count). The third-order valence-corrected chi connectivity index (χ3v) is 4.39. The van der Waals surface area contributed by atoms with E-state index in [2.05, 4.69) is 10.5 Å². The quantitative estimate of drug-likeness (QED) is 0.478. The molecule has 3 aromatic rings. The lowest BCUT2D eigenvalue weighted by atomic mass is 9.99. The first-order valence-corrected chi connectivity index (χ1v) is 8.99. The average Bonchev–Trinajstić information content (AvgIpc) is 2.72. The molecule has 0 amide bonds. The summed E-state index contributed by atoms with van der Waals surface area (Å²) in [5, 5.41) is 15.3. The maximum absolute atomic E-state index is 10.7. The average molecular weight is 376 g/mol. The van der Waals surface area contributed by atoms with Crippen LogP contribution in [-0.2, 0) is 6.54 Å². The first-order valence-electron chi connectivity index (χ1n) is 8.99. The Hall–Kier alpha value is -3.47. The zero-order chi connectivity index (χ0) is 19.9. The van der Waals surface area contributed by atoms with E-state index in [0.29, 0.717) is 29.3 Å². The number of ether oxygens (including phenoxy) is 2. The number of phenolic OH excluding ortho intramolecular Hbond substituents is 1. The van der Waals surface area contributed by atoms with Crippen molar-refractivity contribution in [3.05, 3.63) is 89.0 Å². The monoisotopic (exact) mass is 376 g/mol. The molecule has 0 atom stereocenters. The summed E-state index contributed by atoms with van der Waals surface area (Å²) in [4.78, 5) is 0. The van der Waals surface area contributed by atoms with Crippen molar-refractivity contribution in [3.8, 4) is 17.2 Å². The van der Waals surface area contributed by atoms with Crippen LogP contribution in [0.2, 0.25) is 0 Å². The Labute approximate surface area is 165 Å². The summed E-state index contributed by atoms with van der Waals surface area (Å²) in [6.45, 7) is 2.59. The van der Waals surface area contributed by atoms with Crippen molar-refractivity contribution in [2.75, 3.05) is 14.2 Å². The van der Waals surface area contributed by atoms with Crippen LogP contribution in [0.1, 0.15) is 22.3 Å². The van der Waals surface area contributed by atoms with Crippen molar-refractivity contribution < 1.29 is 14.6 Å². The highest BCUT2D eigenvalue weighted by molar-refractivity contribution is 6.16. The summed E-state index contributed by atoms with van der Waals surface area (Å²) < 4.78 is 10.7. The minimum Gasteiger partial charge on any atom is -0.507 e. The zero-order valence-electron chi connectivity index (χ0n) is 16.3. The highest BCUT2D eigenvalue weighted by Gasteiger charge is 2.19. The van der Waals surface area contributed by atoms with Gasteiger partial charge in [0.2, 0.25) is 0 Å². The van der Waals surface area contributed by atoms with Gasteiger partial charge >= 0.3 is 0 Å². The van der Waals surface area contributed by atoms with Crippen LogP contribution in [0.4, 0.5) is 0 Å². The highest BCUT2D eigenvalue weighted by Crippen LogP contribution is 2.35. The molecule has 5 heteroatoms. The molecule has 3 aromatic carbocycles. The SMILES string of the molecule is COc1cc(O)c(/C(=N\NCc2ccccc2)c2ccc(C)cc2)c(OC)c1. The van der Waals surface area contributed by atoms with Gasteiger partial charge in [0.15, 0.2) is 0 Å². The summed E-state index contributed by atoms with van der Waals surface area (Å²) in [7, 11) is 3.10. The van der Waals surface area contributed by atoms with E-state index in [4.69, 9.17) is 9.47 Å². The normalized spacial score (nSPS) is 11.2. The number of benzene rings is 3. The molecule has 0 bridgehead atoms. The minimum absolute atomic E-state index is 0.0389. The van der Waals surface area contributed by atoms with Gasteiger partial charge in [0, 0.05) is 17.7 Å². The third-order valence-electron chi connectivity index (χ3n) is 4.39. The Bertz CT molecular complexity index is 952. The fourth-order valence-electron chi connectivity index (χ4n) is 2.87. The van der Waals surface area contributed by atoms with E-state index < -0.39 is 0 Å².